The monoisotopic (exact) mass is 582 g/mol. The third-order valence-electron chi connectivity index (χ3n) is 2.25. The maximum Gasteiger partial charge on any atom is 0.673 e. The quantitative estimate of drug-likeness (QED) is 0.152. The van der Waals surface area contributed by atoms with E-state index in [0.29, 0.717) is 6.02 Å². The Labute approximate surface area is 198 Å². The number of benzene rings is 1. The van der Waals surface area contributed by atoms with Crippen molar-refractivity contribution < 1.29 is 78.5 Å². The molecule has 0 amide bonds. The number of amidine groups is 1. The van der Waals surface area contributed by atoms with Crippen LogP contribution in [0.5, 0.6) is 0 Å². The average molecular weight is 581 g/mol. The highest BCUT2D eigenvalue weighted by atomic mass is 19.5. The van der Waals surface area contributed by atoms with Gasteiger partial charge in [-0.2, -0.15) is 0 Å². The van der Waals surface area contributed by atoms with Crippen LogP contribution in [0.25, 0.3) is 11.0 Å². The van der Waals surface area contributed by atoms with E-state index in [1.54, 1.807) is 0 Å². The Bertz CT molecular complexity index is 851. The van der Waals surface area contributed by atoms with Crippen LogP contribution in [0.1, 0.15) is 0 Å². The van der Waals surface area contributed by atoms with Crippen LogP contribution >= 0.6 is 0 Å². The number of aromatic nitrogens is 3. The van der Waals surface area contributed by atoms with Gasteiger partial charge in [0.25, 0.3) is 0 Å². The molecule has 0 saturated carbocycles. The lowest BCUT2D eigenvalue weighted by Gasteiger charge is -2.10. The van der Waals surface area contributed by atoms with E-state index in [1.165, 1.54) is 4.85 Å². The maximum atomic E-state index is 9.75. The van der Waals surface area contributed by atoms with Gasteiger partial charge in [0, 0.05) is 0 Å². The molecule has 2 rings (SSSR count). The van der Waals surface area contributed by atoms with Gasteiger partial charge in [0.15, 0.2) is 0 Å². The molecule has 0 atom stereocenters. The number of rotatable bonds is 1. The minimum absolute atomic E-state index is 0.681. The summed E-state index contributed by atoms with van der Waals surface area (Å²) >= 11 is 0. The van der Waals surface area contributed by atoms with Crippen molar-refractivity contribution in [1.82, 2.24) is 20.1 Å². The Morgan fingerprint density at radius 1 is 0.703 bits per heavy atom. The lowest BCUT2D eigenvalue weighted by molar-refractivity contribution is -0.480. The van der Waals surface area contributed by atoms with Crippen LogP contribution in [-0.4, -0.2) is 87.9 Å². The predicted octanol–water partition coefficient (Wildman–Crippen LogP) is 5.25. The first-order valence-corrected chi connectivity index (χ1v) is 8.79. The Morgan fingerprint density at radius 2 is 1.03 bits per heavy atom. The van der Waals surface area contributed by atoms with Crippen molar-refractivity contribution in [2.75, 3.05) is 28.2 Å². The zero-order valence-electron chi connectivity index (χ0n) is 18.8. The van der Waals surface area contributed by atoms with Crippen molar-refractivity contribution in [2.45, 2.75) is 0 Å². The Morgan fingerprint density at radius 3 is 1.32 bits per heavy atom. The molecule has 0 N–H and O–H groups in total. The second kappa shape index (κ2) is 16.0. The highest BCUT2D eigenvalue weighted by molar-refractivity contribution is 6.50. The summed E-state index contributed by atoms with van der Waals surface area (Å²) in [6, 6.07) is 8.34. The molecule has 1 aromatic carbocycles. The van der Waals surface area contributed by atoms with Crippen molar-refractivity contribution in [3.05, 3.63) is 24.3 Å². The van der Waals surface area contributed by atoms with Crippen molar-refractivity contribution in [3.63, 3.8) is 0 Å². The van der Waals surface area contributed by atoms with Crippen molar-refractivity contribution in [1.29, 1.82) is 0 Å². The molecular formula is C11H16B4F16N5O-3. The number of hydrogen-bond donors (Lipinski definition) is 0. The first-order chi connectivity index (χ1) is 16.1. The summed E-state index contributed by atoms with van der Waals surface area (Å²) in [7, 11) is -16.4. The van der Waals surface area contributed by atoms with Crippen LogP contribution in [-0.2, 0) is 0 Å². The molecule has 1 heterocycles. The molecule has 0 bridgehead atoms. The summed E-state index contributed by atoms with van der Waals surface area (Å²) < 4.78 is 158. The van der Waals surface area contributed by atoms with Crippen molar-refractivity contribution >= 4 is 46.1 Å². The van der Waals surface area contributed by atoms with E-state index in [1.807, 2.05) is 61.9 Å². The van der Waals surface area contributed by atoms with E-state index in [-0.39, 0.29) is 0 Å². The molecule has 0 spiro atoms. The lowest BCUT2D eigenvalue weighted by Crippen LogP contribution is -2.39. The summed E-state index contributed by atoms with van der Waals surface area (Å²) in [4.78, 5) is 8.99. The topological polar surface area (TPSA) is 46.2 Å². The minimum Gasteiger partial charge on any atom is -0.418 e. The van der Waals surface area contributed by atoms with Gasteiger partial charge in [0.05, 0.1) is 28.2 Å². The molecule has 0 aliphatic carbocycles. The van der Waals surface area contributed by atoms with Gasteiger partial charge in [-0.1, -0.05) is 17.0 Å². The Balaban J connectivity index is -0.000000476. The van der Waals surface area contributed by atoms with Crippen LogP contribution in [0.2, 0.25) is 0 Å². The molecule has 1 aromatic heterocycles. The van der Waals surface area contributed by atoms with Gasteiger partial charge in [0.2, 0.25) is 0 Å². The van der Waals surface area contributed by atoms with Crippen LogP contribution in [0.3, 0.4) is 0 Å². The smallest absolute Gasteiger partial charge is 0.418 e. The summed E-state index contributed by atoms with van der Waals surface area (Å²) in [6.45, 7) is 0. The summed E-state index contributed by atoms with van der Waals surface area (Å²) in [5.74, 6) is 0. The van der Waals surface area contributed by atoms with Gasteiger partial charge < -0.3 is 69.1 Å². The Kier molecular flexibility index (Phi) is 16.7. The summed E-state index contributed by atoms with van der Waals surface area (Å²) in [6.07, 6.45) is 0. The van der Waals surface area contributed by atoms with E-state index in [0.717, 1.165) is 11.0 Å². The molecule has 26 heteroatoms. The van der Waals surface area contributed by atoms with E-state index in [2.05, 4.69) is 10.3 Å². The largest absolute Gasteiger partial charge is 0.673 e. The molecule has 0 unspecified atom stereocenters. The predicted molar refractivity (Wildman–Crippen MR) is 106 cm³/mol. The van der Waals surface area contributed by atoms with Crippen LogP contribution in [0.15, 0.2) is 24.3 Å². The van der Waals surface area contributed by atoms with Gasteiger partial charge in [-0.3, -0.25) is 4.84 Å². The maximum absolute atomic E-state index is 9.75. The third kappa shape index (κ3) is 37.7. The van der Waals surface area contributed by atoms with Crippen molar-refractivity contribution in [2.24, 2.45) is 0 Å². The minimum atomic E-state index is -6.00. The van der Waals surface area contributed by atoms with Gasteiger partial charge in [0.1, 0.15) is 11.0 Å². The molecule has 0 fully saturated rings. The Hall–Kier alpha value is -2.97. The second-order valence-electron chi connectivity index (χ2n) is 6.09. The fraction of sp³-hybridized carbons (Fsp3) is 0.364. The average Bonchev–Trinajstić information content (AvgIpc) is 2.96. The molecule has 6 nitrogen and oxygen atoms in total. The standard InChI is InChI=1S/C11H16N5O.4BF4/c1-14(2)11(15(3)4)17-16-10-8-6-5-7-9(10)12-13-16;4*2-1(3,4)5/h5-8H,1-4H3;;;;/q+1;4*-1. The molecule has 2 aromatic rings. The summed E-state index contributed by atoms with van der Waals surface area (Å²) in [5, 5.41) is 8.00. The van der Waals surface area contributed by atoms with Crippen LogP contribution in [0.4, 0.5) is 69.1 Å². The molecule has 0 radical (unpaired) electrons. The molecule has 37 heavy (non-hydrogen) atoms. The highest BCUT2D eigenvalue weighted by Gasteiger charge is 2.22. The normalized spacial score (nSPS) is 11.2. The lowest BCUT2D eigenvalue weighted by atomic mass is 10.3. The van der Waals surface area contributed by atoms with Gasteiger partial charge in [-0.25, -0.2) is 9.48 Å². The van der Waals surface area contributed by atoms with Crippen LogP contribution in [0, 0.1) is 0 Å². The number of para-hydroxylation sites is 1. The fourth-order valence-corrected chi connectivity index (χ4v) is 1.56. The number of nitrogens with zero attached hydrogens (tertiary/aromatic N) is 5. The summed E-state index contributed by atoms with van der Waals surface area (Å²) in [5.41, 5.74) is 1.65. The SMILES string of the molecule is CN(C)C(On1nnc2ccccc21)=[N+](C)C.F[B-](F)(F)F.F[B-](F)(F)F.F[B-](F)(F)F.F[B-](F)(F)F. The molecule has 0 aliphatic heterocycles. The fourth-order valence-electron chi connectivity index (χ4n) is 1.56. The molecule has 0 aliphatic rings. The second-order valence-corrected chi connectivity index (χ2v) is 6.09. The van der Waals surface area contributed by atoms with Crippen LogP contribution < -0.4 is 4.84 Å². The van der Waals surface area contributed by atoms with Crippen molar-refractivity contribution in [3.8, 4) is 0 Å². The van der Waals surface area contributed by atoms with E-state index >= 15 is 0 Å². The molecular weight excluding hydrogens is 565 g/mol. The van der Waals surface area contributed by atoms with E-state index in [4.69, 9.17) is 4.84 Å². The van der Waals surface area contributed by atoms with Gasteiger partial charge in [-0.15, -0.1) is 5.10 Å². The number of fused-ring (bicyclic) bond motifs is 1. The first-order valence-electron chi connectivity index (χ1n) is 8.79. The highest BCUT2D eigenvalue weighted by Crippen LogP contribution is 2.09. The van der Waals surface area contributed by atoms with E-state index < -0.39 is 29.0 Å². The number of halogens is 16. The molecule has 0 saturated heterocycles. The van der Waals surface area contributed by atoms with E-state index in [9.17, 15) is 69.1 Å². The van der Waals surface area contributed by atoms with Gasteiger partial charge in [-0.05, 0) is 17.3 Å². The first kappa shape index (κ1) is 38.6. The molecule has 218 valence electrons. The number of hydrogen-bond acceptors (Lipinski definition) is 3. The van der Waals surface area contributed by atoms with Gasteiger partial charge >= 0.3 is 35.0 Å². The third-order valence-corrected chi connectivity index (χ3v) is 2.25. The zero-order valence-corrected chi connectivity index (χ0v) is 18.8. The zero-order chi connectivity index (χ0) is 30.4.